The van der Waals surface area contributed by atoms with Gasteiger partial charge in [0, 0.05) is 0 Å². The summed E-state index contributed by atoms with van der Waals surface area (Å²) in [5, 5.41) is 1.50. The van der Waals surface area contributed by atoms with Crippen LogP contribution in [0.3, 0.4) is 0 Å². The molecular weight excluding hydrogens is 211 g/mol. The molecule has 0 spiro atoms. The Balaban J connectivity index is 2.11. The van der Waals surface area contributed by atoms with E-state index in [2.05, 4.69) is 37.3 Å². The van der Waals surface area contributed by atoms with Gasteiger partial charge in [-0.15, -0.1) is 0 Å². The molecular formula is C11H14Se. The van der Waals surface area contributed by atoms with Crippen LogP contribution in [0.5, 0.6) is 0 Å². The monoisotopic (exact) mass is 226 g/mol. The third-order valence-electron chi connectivity index (χ3n) is 2.57. The SMILES string of the molecule is CC[C@@H]1C[Se][C@H]1c1ccccc1. The van der Waals surface area contributed by atoms with Crippen LogP contribution in [0.1, 0.15) is 23.7 Å². The molecule has 1 aliphatic heterocycles. The zero-order valence-corrected chi connectivity index (χ0v) is 9.08. The Kier molecular flexibility index (Phi) is 2.53. The number of hydrogen-bond donors (Lipinski definition) is 0. The molecule has 0 aliphatic carbocycles. The predicted molar refractivity (Wildman–Crippen MR) is 53.5 cm³/mol. The summed E-state index contributed by atoms with van der Waals surface area (Å²) in [7, 11) is 0. The molecule has 2 atom stereocenters. The Labute approximate surface area is 80.5 Å². The molecule has 1 heteroatoms. The Hall–Kier alpha value is -0.261. The van der Waals surface area contributed by atoms with Crippen LogP contribution in [0.2, 0.25) is 5.32 Å². The van der Waals surface area contributed by atoms with Gasteiger partial charge in [-0.3, -0.25) is 0 Å². The van der Waals surface area contributed by atoms with Gasteiger partial charge < -0.3 is 0 Å². The van der Waals surface area contributed by atoms with E-state index < -0.39 is 0 Å². The number of benzene rings is 1. The summed E-state index contributed by atoms with van der Waals surface area (Å²) in [6.07, 6.45) is 1.36. The Bertz CT molecular complexity index is 240. The van der Waals surface area contributed by atoms with Crippen LogP contribution in [0.25, 0.3) is 0 Å². The fourth-order valence-corrected chi connectivity index (χ4v) is 4.68. The van der Waals surface area contributed by atoms with E-state index in [-0.39, 0.29) is 0 Å². The fourth-order valence-electron chi connectivity index (χ4n) is 1.67. The zero-order valence-electron chi connectivity index (χ0n) is 7.36. The Morgan fingerprint density at radius 3 is 2.58 bits per heavy atom. The summed E-state index contributed by atoms with van der Waals surface area (Å²) >= 11 is 0.891. The molecule has 1 saturated heterocycles. The van der Waals surface area contributed by atoms with E-state index in [9.17, 15) is 0 Å². The van der Waals surface area contributed by atoms with E-state index >= 15 is 0 Å². The van der Waals surface area contributed by atoms with E-state index in [0.29, 0.717) is 0 Å². The van der Waals surface area contributed by atoms with Gasteiger partial charge in [0.05, 0.1) is 0 Å². The van der Waals surface area contributed by atoms with Crippen LogP contribution in [-0.4, -0.2) is 15.0 Å². The van der Waals surface area contributed by atoms with Crippen LogP contribution in [0.15, 0.2) is 30.3 Å². The topological polar surface area (TPSA) is 0 Å². The van der Waals surface area contributed by atoms with Gasteiger partial charge in [-0.05, 0) is 0 Å². The van der Waals surface area contributed by atoms with E-state index in [0.717, 1.165) is 25.7 Å². The molecule has 0 nitrogen and oxygen atoms in total. The molecule has 0 radical (unpaired) electrons. The summed E-state index contributed by atoms with van der Waals surface area (Å²) < 4.78 is 0. The second-order valence-corrected chi connectivity index (χ2v) is 5.80. The Morgan fingerprint density at radius 2 is 2.08 bits per heavy atom. The van der Waals surface area contributed by atoms with E-state index in [1.54, 1.807) is 5.56 Å². The van der Waals surface area contributed by atoms with Crippen molar-refractivity contribution in [3.05, 3.63) is 35.9 Å². The maximum atomic E-state index is 2.32. The second kappa shape index (κ2) is 3.64. The van der Waals surface area contributed by atoms with E-state index in [1.165, 1.54) is 11.7 Å². The number of hydrogen-bond acceptors (Lipinski definition) is 0. The minimum atomic E-state index is 0.891. The molecule has 0 unspecified atom stereocenters. The van der Waals surface area contributed by atoms with Gasteiger partial charge in [0.15, 0.2) is 0 Å². The summed E-state index contributed by atoms with van der Waals surface area (Å²) in [4.78, 5) is 0.934. The first kappa shape index (κ1) is 8.34. The van der Waals surface area contributed by atoms with Crippen molar-refractivity contribution in [1.29, 1.82) is 0 Å². The first-order valence-electron chi connectivity index (χ1n) is 4.58. The first-order chi connectivity index (χ1) is 5.92. The van der Waals surface area contributed by atoms with Gasteiger partial charge in [-0.1, -0.05) is 0 Å². The van der Waals surface area contributed by atoms with Gasteiger partial charge in [0.1, 0.15) is 0 Å². The average molecular weight is 225 g/mol. The van der Waals surface area contributed by atoms with Crippen LogP contribution < -0.4 is 0 Å². The van der Waals surface area contributed by atoms with Crippen molar-refractivity contribution in [3.8, 4) is 0 Å². The van der Waals surface area contributed by atoms with Gasteiger partial charge in [-0.2, -0.15) is 0 Å². The molecule has 0 amide bonds. The van der Waals surface area contributed by atoms with Crippen molar-refractivity contribution in [3.63, 3.8) is 0 Å². The predicted octanol–water partition coefficient (Wildman–Crippen LogP) is 2.89. The molecule has 1 heterocycles. The zero-order chi connectivity index (χ0) is 8.39. The van der Waals surface area contributed by atoms with Crippen LogP contribution >= 0.6 is 0 Å². The van der Waals surface area contributed by atoms with Crippen LogP contribution in [0.4, 0.5) is 0 Å². The van der Waals surface area contributed by atoms with Crippen molar-refractivity contribution in [2.45, 2.75) is 23.5 Å². The average Bonchev–Trinajstić information content (AvgIpc) is 2.05. The molecule has 1 fully saturated rings. The van der Waals surface area contributed by atoms with Crippen molar-refractivity contribution >= 4 is 15.0 Å². The standard InChI is InChI=1S/C11H14Se/c1-2-9-8-12-11(9)10-6-4-3-5-7-10/h3-7,9,11H,2,8H2,1H3/t9-,11-/m1/s1. The molecule has 2 rings (SSSR count). The van der Waals surface area contributed by atoms with Crippen LogP contribution in [0, 0.1) is 5.92 Å². The molecule has 0 N–H and O–H groups in total. The fraction of sp³-hybridized carbons (Fsp3) is 0.455. The summed E-state index contributed by atoms with van der Waals surface area (Å²) in [5.41, 5.74) is 1.58. The van der Waals surface area contributed by atoms with Gasteiger partial charge in [0.25, 0.3) is 0 Å². The van der Waals surface area contributed by atoms with Gasteiger partial charge in [-0.25, -0.2) is 0 Å². The summed E-state index contributed by atoms with van der Waals surface area (Å²) in [6, 6.07) is 11.0. The molecule has 12 heavy (non-hydrogen) atoms. The quantitative estimate of drug-likeness (QED) is 0.679. The second-order valence-electron chi connectivity index (χ2n) is 3.33. The normalized spacial score (nSPS) is 28.1. The summed E-state index contributed by atoms with van der Waals surface area (Å²) in [6.45, 7) is 2.32. The number of rotatable bonds is 2. The Morgan fingerprint density at radius 1 is 1.33 bits per heavy atom. The third kappa shape index (κ3) is 1.44. The van der Waals surface area contributed by atoms with Gasteiger partial charge >= 0.3 is 80.3 Å². The summed E-state index contributed by atoms with van der Waals surface area (Å²) in [5.74, 6) is 0.993. The van der Waals surface area contributed by atoms with Crippen molar-refractivity contribution in [2.24, 2.45) is 5.92 Å². The third-order valence-corrected chi connectivity index (χ3v) is 6.00. The molecule has 0 bridgehead atoms. The van der Waals surface area contributed by atoms with E-state index in [1.807, 2.05) is 0 Å². The molecule has 0 aromatic heterocycles. The maximum absolute atomic E-state index is 2.32. The van der Waals surface area contributed by atoms with E-state index in [4.69, 9.17) is 0 Å². The molecule has 1 aromatic carbocycles. The minimum absolute atomic E-state index is 0.891. The molecule has 64 valence electrons. The first-order valence-corrected chi connectivity index (χ1v) is 6.78. The molecule has 1 aromatic rings. The molecule has 1 aliphatic rings. The molecule has 0 saturated carbocycles. The van der Waals surface area contributed by atoms with Crippen LogP contribution in [-0.2, 0) is 0 Å². The van der Waals surface area contributed by atoms with Crippen molar-refractivity contribution < 1.29 is 0 Å². The van der Waals surface area contributed by atoms with Crippen molar-refractivity contribution in [2.75, 3.05) is 0 Å². The van der Waals surface area contributed by atoms with Crippen molar-refractivity contribution in [1.82, 2.24) is 0 Å². The van der Waals surface area contributed by atoms with Gasteiger partial charge in [0.2, 0.25) is 0 Å².